The van der Waals surface area contributed by atoms with Gasteiger partial charge in [-0.05, 0) is 39.7 Å². The third-order valence-electron chi connectivity index (χ3n) is 4.28. The number of hydrogen-bond acceptors (Lipinski definition) is 4. The first-order valence-electron chi connectivity index (χ1n) is 8.62. The van der Waals surface area contributed by atoms with Gasteiger partial charge in [0.25, 0.3) is 0 Å². The maximum atomic E-state index is 12.3. The largest absolute Gasteiger partial charge is 0.444 e. The minimum atomic E-state index is -0.476. The van der Waals surface area contributed by atoms with E-state index in [9.17, 15) is 4.79 Å². The molecule has 2 rings (SSSR count). The number of amides is 1. The number of methoxy groups -OCH3 is 1. The van der Waals surface area contributed by atoms with Crippen LogP contribution in [0.5, 0.6) is 0 Å². The molecule has 0 aliphatic carbocycles. The Morgan fingerprint density at radius 3 is 2.54 bits per heavy atom. The second kappa shape index (κ2) is 7.99. The smallest absolute Gasteiger partial charge is 0.410 e. The molecule has 0 bridgehead atoms. The Labute approximate surface area is 145 Å². The van der Waals surface area contributed by atoms with Gasteiger partial charge in [0.05, 0.1) is 12.6 Å². The second-order valence-corrected chi connectivity index (χ2v) is 7.39. The van der Waals surface area contributed by atoms with Crippen LogP contribution in [-0.2, 0) is 9.47 Å². The van der Waals surface area contributed by atoms with E-state index < -0.39 is 5.60 Å². The van der Waals surface area contributed by atoms with Crippen LogP contribution in [0.25, 0.3) is 0 Å². The first-order chi connectivity index (χ1) is 11.3. The van der Waals surface area contributed by atoms with Crippen LogP contribution in [0.2, 0.25) is 0 Å². The van der Waals surface area contributed by atoms with Crippen LogP contribution in [-0.4, -0.2) is 48.9 Å². The molecule has 1 aliphatic rings. The summed E-state index contributed by atoms with van der Waals surface area (Å²) in [7, 11) is 1.70. The van der Waals surface area contributed by atoms with Crippen LogP contribution in [0.1, 0.15) is 45.7 Å². The van der Waals surface area contributed by atoms with Crippen molar-refractivity contribution in [2.75, 3.05) is 20.2 Å². The molecule has 1 unspecified atom stereocenters. The molecule has 1 aromatic carbocycles. The number of carbonyl (C=O) groups is 1. The zero-order valence-electron chi connectivity index (χ0n) is 15.4. The van der Waals surface area contributed by atoms with E-state index in [4.69, 9.17) is 9.47 Å². The van der Waals surface area contributed by atoms with Gasteiger partial charge < -0.3 is 19.7 Å². The number of hydrogen-bond donors (Lipinski definition) is 1. The minimum Gasteiger partial charge on any atom is -0.444 e. The van der Waals surface area contributed by atoms with Crippen molar-refractivity contribution in [3.05, 3.63) is 35.9 Å². The summed E-state index contributed by atoms with van der Waals surface area (Å²) in [6.07, 6.45) is 0.533. The highest BCUT2D eigenvalue weighted by atomic mass is 16.6. The van der Waals surface area contributed by atoms with Gasteiger partial charge in [-0.25, -0.2) is 4.79 Å². The second-order valence-electron chi connectivity index (χ2n) is 7.39. The Hall–Kier alpha value is -1.59. The van der Waals surface area contributed by atoms with Crippen molar-refractivity contribution in [3.8, 4) is 0 Å². The molecule has 1 heterocycles. The van der Waals surface area contributed by atoms with Crippen LogP contribution < -0.4 is 5.32 Å². The van der Waals surface area contributed by atoms with Crippen molar-refractivity contribution in [1.29, 1.82) is 0 Å². The van der Waals surface area contributed by atoms with Crippen molar-refractivity contribution in [1.82, 2.24) is 10.2 Å². The van der Waals surface area contributed by atoms with Gasteiger partial charge in [-0.2, -0.15) is 0 Å². The van der Waals surface area contributed by atoms with Gasteiger partial charge in [-0.1, -0.05) is 30.3 Å². The number of ether oxygens (including phenoxy) is 2. The van der Waals surface area contributed by atoms with Gasteiger partial charge in [0, 0.05) is 25.7 Å². The number of rotatable bonds is 4. The van der Waals surface area contributed by atoms with Gasteiger partial charge in [0.1, 0.15) is 5.60 Å². The molecular weight excluding hydrogens is 304 g/mol. The quantitative estimate of drug-likeness (QED) is 0.917. The lowest BCUT2D eigenvalue weighted by Gasteiger charge is -2.39. The summed E-state index contributed by atoms with van der Waals surface area (Å²) < 4.78 is 11.1. The molecule has 134 valence electrons. The van der Waals surface area contributed by atoms with Crippen LogP contribution in [0.4, 0.5) is 4.79 Å². The molecule has 5 nitrogen and oxygen atoms in total. The number of benzene rings is 1. The zero-order valence-corrected chi connectivity index (χ0v) is 15.4. The summed E-state index contributed by atoms with van der Waals surface area (Å²) in [6.45, 7) is 9.03. The van der Waals surface area contributed by atoms with Gasteiger partial charge >= 0.3 is 6.09 Å². The SMILES string of the molecule is CO[C@H]1CN(C(=O)OC(C)(C)C)CC[C@H]1NC(C)c1ccccc1. The number of carbonyl (C=O) groups excluding carboxylic acids is 1. The number of piperidine rings is 1. The first-order valence-corrected chi connectivity index (χ1v) is 8.62. The summed E-state index contributed by atoms with van der Waals surface area (Å²) in [5.41, 5.74) is 0.776. The van der Waals surface area contributed by atoms with E-state index in [0.29, 0.717) is 13.1 Å². The van der Waals surface area contributed by atoms with Gasteiger partial charge in [-0.15, -0.1) is 0 Å². The number of nitrogens with zero attached hydrogens (tertiary/aromatic N) is 1. The average Bonchev–Trinajstić information content (AvgIpc) is 2.54. The van der Waals surface area contributed by atoms with Crippen molar-refractivity contribution < 1.29 is 14.3 Å². The molecule has 1 amide bonds. The fourth-order valence-electron chi connectivity index (χ4n) is 3.00. The van der Waals surface area contributed by atoms with Gasteiger partial charge in [-0.3, -0.25) is 0 Å². The molecule has 0 aromatic heterocycles. The molecule has 1 aromatic rings. The van der Waals surface area contributed by atoms with Crippen LogP contribution in [0.15, 0.2) is 30.3 Å². The predicted octanol–water partition coefficient (Wildman–Crippen LogP) is 3.36. The number of likely N-dealkylation sites (tertiary alicyclic amines) is 1. The van der Waals surface area contributed by atoms with E-state index >= 15 is 0 Å². The molecule has 5 heteroatoms. The van der Waals surface area contributed by atoms with E-state index in [1.165, 1.54) is 5.56 Å². The normalized spacial score (nSPS) is 23.0. The molecule has 1 aliphatic heterocycles. The summed E-state index contributed by atoms with van der Waals surface area (Å²) in [5.74, 6) is 0. The molecule has 0 radical (unpaired) electrons. The van der Waals surface area contributed by atoms with E-state index in [-0.39, 0.29) is 24.3 Å². The molecule has 3 atom stereocenters. The van der Waals surface area contributed by atoms with Crippen LogP contribution in [0.3, 0.4) is 0 Å². The Morgan fingerprint density at radius 1 is 1.29 bits per heavy atom. The summed E-state index contributed by atoms with van der Waals surface area (Å²) in [4.78, 5) is 14.0. The maximum absolute atomic E-state index is 12.3. The molecular formula is C19H30N2O3. The molecule has 1 fully saturated rings. The summed E-state index contributed by atoms with van der Waals surface area (Å²) in [5, 5.41) is 3.64. The van der Waals surface area contributed by atoms with Gasteiger partial charge in [0.15, 0.2) is 0 Å². The lowest BCUT2D eigenvalue weighted by atomic mass is 9.99. The van der Waals surface area contributed by atoms with E-state index in [1.54, 1.807) is 12.0 Å². The van der Waals surface area contributed by atoms with Crippen LogP contribution in [0, 0.1) is 0 Å². The van der Waals surface area contributed by atoms with Gasteiger partial charge in [0.2, 0.25) is 0 Å². The highest BCUT2D eigenvalue weighted by Crippen LogP contribution is 2.21. The number of nitrogens with one attached hydrogen (secondary N) is 1. The van der Waals surface area contributed by atoms with Crippen molar-refractivity contribution in [2.45, 2.75) is 57.9 Å². The molecule has 24 heavy (non-hydrogen) atoms. The van der Waals surface area contributed by atoms with Crippen molar-refractivity contribution in [3.63, 3.8) is 0 Å². The fraction of sp³-hybridized carbons (Fsp3) is 0.632. The lowest BCUT2D eigenvalue weighted by molar-refractivity contribution is -0.0196. The van der Waals surface area contributed by atoms with Crippen molar-refractivity contribution in [2.24, 2.45) is 0 Å². The van der Waals surface area contributed by atoms with Crippen LogP contribution >= 0.6 is 0 Å². The highest BCUT2D eigenvalue weighted by Gasteiger charge is 2.34. The third-order valence-corrected chi connectivity index (χ3v) is 4.28. The lowest BCUT2D eigenvalue weighted by Crippen LogP contribution is -2.55. The fourth-order valence-corrected chi connectivity index (χ4v) is 3.00. The first kappa shape index (κ1) is 18.7. The van der Waals surface area contributed by atoms with E-state index in [0.717, 1.165) is 6.42 Å². The average molecular weight is 334 g/mol. The molecule has 1 N–H and O–H groups in total. The minimum absolute atomic E-state index is 0.0440. The zero-order chi connectivity index (χ0) is 17.7. The highest BCUT2D eigenvalue weighted by molar-refractivity contribution is 5.68. The summed E-state index contributed by atoms with van der Waals surface area (Å²) >= 11 is 0. The predicted molar refractivity (Wildman–Crippen MR) is 95.0 cm³/mol. The Bertz CT molecular complexity index is 527. The molecule has 0 saturated carbocycles. The summed E-state index contributed by atoms with van der Waals surface area (Å²) in [6, 6.07) is 10.8. The molecule has 0 spiro atoms. The standard InChI is InChI=1S/C19H30N2O3/c1-14(15-9-7-6-8-10-15)20-16-11-12-21(13-17(16)23-5)18(22)24-19(2,3)4/h6-10,14,16-17,20H,11-13H2,1-5H3/t14?,16-,17+/m1/s1. The Kier molecular flexibility index (Phi) is 6.24. The Morgan fingerprint density at radius 2 is 1.96 bits per heavy atom. The maximum Gasteiger partial charge on any atom is 0.410 e. The van der Waals surface area contributed by atoms with E-state index in [1.807, 2.05) is 39.0 Å². The Balaban J connectivity index is 1.94. The van der Waals surface area contributed by atoms with Crippen molar-refractivity contribution >= 4 is 6.09 Å². The monoisotopic (exact) mass is 334 g/mol. The molecule has 1 saturated heterocycles. The third kappa shape index (κ3) is 5.21. The van der Waals surface area contributed by atoms with E-state index in [2.05, 4.69) is 24.4 Å². The topological polar surface area (TPSA) is 50.8 Å².